The number of nitrogens with two attached hydrogens (primary N) is 1. The largest absolute Gasteiger partial charge is 0.335 e. The highest BCUT2D eigenvalue weighted by Crippen LogP contribution is 2.40. The van der Waals surface area contributed by atoms with E-state index in [1.165, 1.54) is 6.42 Å². The van der Waals surface area contributed by atoms with Crippen molar-refractivity contribution in [3.8, 4) is 0 Å². The van der Waals surface area contributed by atoms with Crippen LogP contribution in [-0.2, 0) is 13.0 Å². The number of fused-ring (bicyclic) bond motifs is 1. The number of aromatic nitrogens is 3. The quantitative estimate of drug-likeness (QED) is 0.887. The summed E-state index contributed by atoms with van der Waals surface area (Å²) in [6.45, 7) is 6.23. The second-order valence-electron chi connectivity index (χ2n) is 6.06. The monoisotopic (exact) mass is 277 g/mol. The van der Waals surface area contributed by atoms with E-state index in [1.807, 2.05) is 23.4 Å². The lowest BCUT2D eigenvalue weighted by Crippen LogP contribution is -2.45. The molecule has 2 fully saturated rings. The first kappa shape index (κ1) is 13.5. The summed E-state index contributed by atoms with van der Waals surface area (Å²) >= 11 is 0. The van der Waals surface area contributed by atoms with E-state index in [1.54, 1.807) is 0 Å². The van der Waals surface area contributed by atoms with Gasteiger partial charge in [0.15, 0.2) is 5.69 Å². The summed E-state index contributed by atoms with van der Waals surface area (Å²) in [5.41, 5.74) is 7.72. The number of hydrogen-bond donors (Lipinski definition) is 1. The van der Waals surface area contributed by atoms with Gasteiger partial charge in [-0.05, 0) is 32.1 Å². The summed E-state index contributed by atoms with van der Waals surface area (Å²) in [5.74, 6) is 0.457. The van der Waals surface area contributed by atoms with E-state index in [4.69, 9.17) is 5.73 Å². The molecule has 1 aromatic heterocycles. The Labute approximate surface area is 119 Å². The molecule has 1 saturated heterocycles. The van der Waals surface area contributed by atoms with Crippen LogP contribution in [0.1, 0.15) is 49.3 Å². The van der Waals surface area contributed by atoms with Gasteiger partial charge in [0.05, 0.1) is 5.69 Å². The molecule has 1 saturated carbocycles. The van der Waals surface area contributed by atoms with Crippen molar-refractivity contribution in [2.45, 2.75) is 51.6 Å². The van der Waals surface area contributed by atoms with Gasteiger partial charge in [0.1, 0.15) is 0 Å². The average molecular weight is 277 g/mol. The number of likely N-dealkylation sites (tertiary alicyclic amines) is 1. The van der Waals surface area contributed by atoms with E-state index < -0.39 is 0 Å². The lowest BCUT2D eigenvalue weighted by Gasteiger charge is -2.22. The van der Waals surface area contributed by atoms with E-state index in [0.29, 0.717) is 18.2 Å². The van der Waals surface area contributed by atoms with Crippen molar-refractivity contribution >= 4 is 5.91 Å². The highest BCUT2D eigenvalue weighted by molar-refractivity contribution is 5.93. The van der Waals surface area contributed by atoms with E-state index in [2.05, 4.69) is 10.3 Å². The number of aryl methyl sites for hydroxylation is 1. The van der Waals surface area contributed by atoms with Gasteiger partial charge in [0.2, 0.25) is 0 Å². The first-order chi connectivity index (χ1) is 9.59. The van der Waals surface area contributed by atoms with Gasteiger partial charge in [-0.1, -0.05) is 18.6 Å². The third-order valence-corrected chi connectivity index (χ3v) is 4.90. The number of carbonyl (C=O) groups excluding carboxylic acids is 1. The Morgan fingerprint density at radius 3 is 2.95 bits per heavy atom. The van der Waals surface area contributed by atoms with Crippen LogP contribution in [0.25, 0.3) is 0 Å². The molecule has 3 rings (SSSR count). The summed E-state index contributed by atoms with van der Waals surface area (Å²) in [6, 6.07) is 0. The Kier molecular flexibility index (Phi) is 3.28. The molecule has 110 valence electrons. The van der Waals surface area contributed by atoms with Crippen LogP contribution in [0, 0.1) is 5.92 Å². The molecule has 0 aromatic carbocycles. The van der Waals surface area contributed by atoms with E-state index in [0.717, 1.165) is 38.0 Å². The predicted molar refractivity (Wildman–Crippen MR) is 75.2 cm³/mol. The van der Waals surface area contributed by atoms with E-state index in [-0.39, 0.29) is 11.4 Å². The molecule has 6 heteroatoms. The molecule has 1 amide bonds. The molecule has 2 N–H and O–H groups in total. The minimum Gasteiger partial charge on any atom is -0.335 e. The Morgan fingerprint density at radius 2 is 2.30 bits per heavy atom. The van der Waals surface area contributed by atoms with Crippen LogP contribution in [0.3, 0.4) is 0 Å². The maximum Gasteiger partial charge on any atom is 0.276 e. The van der Waals surface area contributed by atoms with Crippen molar-refractivity contribution in [2.75, 3.05) is 13.1 Å². The summed E-state index contributed by atoms with van der Waals surface area (Å²) in [5, 5.41) is 8.18. The third kappa shape index (κ3) is 1.93. The fourth-order valence-corrected chi connectivity index (χ4v) is 3.74. The lowest BCUT2D eigenvalue weighted by molar-refractivity contribution is 0.0771. The average Bonchev–Trinajstić information content (AvgIpc) is 3.07. The number of nitrogens with zero attached hydrogens (tertiary/aromatic N) is 4. The van der Waals surface area contributed by atoms with E-state index >= 15 is 0 Å². The van der Waals surface area contributed by atoms with Gasteiger partial charge in [-0.15, -0.1) is 5.10 Å². The van der Waals surface area contributed by atoms with Crippen molar-refractivity contribution in [3.63, 3.8) is 0 Å². The fourth-order valence-electron chi connectivity index (χ4n) is 3.74. The summed E-state index contributed by atoms with van der Waals surface area (Å²) in [4.78, 5) is 14.6. The Hall–Kier alpha value is -1.43. The molecule has 2 aliphatic rings. The zero-order valence-corrected chi connectivity index (χ0v) is 12.3. The highest BCUT2D eigenvalue weighted by atomic mass is 16.2. The highest BCUT2D eigenvalue weighted by Gasteiger charge is 2.48. The van der Waals surface area contributed by atoms with Crippen LogP contribution < -0.4 is 5.73 Å². The third-order valence-electron chi connectivity index (χ3n) is 4.90. The van der Waals surface area contributed by atoms with Crippen LogP contribution in [0.2, 0.25) is 0 Å². The topological polar surface area (TPSA) is 77.0 Å². The van der Waals surface area contributed by atoms with E-state index in [9.17, 15) is 4.79 Å². The first-order valence-corrected chi connectivity index (χ1v) is 7.59. The molecule has 2 atom stereocenters. The van der Waals surface area contributed by atoms with Gasteiger partial charge in [-0.25, -0.2) is 4.68 Å². The predicted octanol–water partition coefficient (Wildman–Crippen LogP) is 0.814. The van der Waals surface area contributed by atoms with Gasteiger partial charge < -0.3 is 10.6 Å². The number of carbonyl (C=O) groups is 1. The summed E-state index contributed by atoms with van der Waals surface area (Å²) in [6.07, 6.45) is 4.13. The Morgan fingerprint density at radius 1 is 1.50 bits per heavy atom. The van der Waals surface area contributed by atoms with Crippen LogP contribution in [0.15, 0.2) is 0 Å². The second-order valence-corrected chi connectivity index (χ2v) is 6.06. The molecule has 1 aromatic rings. The molecule has 6 nitrogen and oxygen atoms in total. The smallest absolute Gasteiger partial charge is 0.276 e. The Balaban J connectivity index is 1.82. The maximum atomic E-state index is 12.7. The molecule has 0 bridgehead atoms. The number of hydrogen-bond acceptors (Lipinski definition) is 4. The zero-order valence-electron chi connectivity index (χ0n) is 12.3. The Bertz CT molecular complexity index is 526. The molecule has 20 heavy (non-hydrogen) atoms. The van der Waals surface area contributed by atoms with Crippen molar-refractivity contribution in [3.05, 3.63) is 11.4 Å². The summed E-state index contributed by atoms with van der Waals surface area (Å²) in [7, 11) is 0. The number of amides is 1. The molecular formula is C14H23N5O. The summed E-state index contributed by atoms with van der Waals surface area (Å²) < 4.78 is 1.81. The first-order valence-electron chi connectivity index (χ1n) is 7.59. The van der Waals surface area contributed by atoms with Crippen molar-refractivity contribution in [1.82, 2.24) is 19.9 Å². The van der Waals surface area contributed by atoms with Gasteiger partial charge in [-0.2, -0.15) is 0 Å². The molecule has 1 aliphatic carbocycles. The SMILES string of the molecule is CCc1c(C(=O)N2CC3CCCC3(N)C2)nnn1CC. The molecule has 0 spiro atoms. The minimum absolute atomic E-state index is 0.000718. The zero-order chi connectivity index (χ0) is 14.3. The molecular weight excluding hydrogens is 254 g/mol. The van der Waals surface area contributed by atoms with Crippen molar-refractivity contribution < 1.29 is 4.79 Å². The van der Waals surface area contributed by atoms with Crippen LogP contribution >= 0.6 is 0 Å². The van der Waals surface area contributed by atoms with Gasteiger partial charge in [0, 0.05) is 25.2 Å². The van der Waals surface area contributed by atoms with Gasteiger partial charge in [0.25, 0.3) is 5.91 Å². The van der Waals surface area contributed by atoms with Gasteiger partial charge >= 0.3 is 0 Å². The second kappa shape index (κ2) is 4.84. The van der Waals surface area contributed by atoms with Crippen LogP contribution in [-0.4, -0.2) is 44.4 Å². The molecule has 1 aliphatic heterocycles. The van der Waals surface area contributed by atoms with Crippen LogP contribution in [0.5, 0.6) is 0 Å². The maximum absolute atomic E-state index is 12.7. The van der Waals surface area contributed by atoms with Crippen molar-refractivity contribution in [2.24, 2.45) is 11.7 Å². The minimum atomic E-state index is -0.164. The lowest BCUT2D eigenvalue weighted by atomic mass is 9.92. The van der Waals surface area contributed by atoms with Crippen molar-refractivity contribution in [1.29, 1.82) is 0 Å². The van der Waals surface area contributed by atoms with Gasteiger partial charge in [-0.3, -0.25) is 4.79 Å². The molecule has 0 radical (unpaired) electrons. The fraction of sp³-hybridized carbons (Fsp3) is 0.786. The van der Waals surface area contributed by atoms with Crippen LogP contribution in [0.4, 0.5) is 0 Å². The standard InChI is InChI=1S/C14H23N5O/c1-3-11-12(16-17-19(11)4-2)13(20)18-8-10-6-5-7-14(10,15)9-18/h10H,3-9,15H2,1-2H3. The normalized spacial score (nSPS) is 28.9. The molecule has 2 unspecified atom stereocenters. The molecule has 2 heterocycles. The number of rotatable bonds is 3.